The van der Waals surface area contributed by atoms with Crippen molar-refractivity contribution in [2.75, 3.05) is 18.6 Å². The monoisotopic (exact) mass is 512 g/mol. The highest BCUT2D eigenvalue weighted by molar-refractivity contribution is 6.10. The molecule has 2 aromatic carbocycles. The topological polar surface area (TPSA) is 81.9 Å². The lowest BCUT2D eigenvalue weighted by Gasteiger charge is -2.25. The van der Waals surface area contributed by atoms with E-state index in [4.69, 9.17) is 13.9 Å². The summed E-state index contributed by atoms with van der Waals surface area (Å²) in [5.41, 5.74) is 4.07. The molecule has 0 spiro atoms. The fourth-order valence-electron chi connectivity index (χ4n) is 4.81. The molecule has 1 aliphatic rings. The molecule has 7 nitrogen and oxygen atoms in total. The Morgan fingerprint density at radius 1 is 1.00 bits per heavy atom. The number of hydrogen-bond donors (Lipinski definition) is 0. The number of carbonyl (C=O) groups excluding carboxylic acids is 1. The standard InChI is InChI=1S/C31H32N2O5/c1-17(2)10-12-37-23-8-7-21(16-25(23)36-6)28-27-29(34)22-14-19(4)20(5)15-24(22)38-30(27)31(35)33(28)26-13-18(3)9-11-32-26/h7-9,11,13-17,28H,10,12H2,1-6H3. The first-order valence-electron chi connectivity index (χ1n) is 12.8. The number of benzene rings is 2. The van der Waals surface area contributed by atoms with Gasteiger partial charge in [0.05, 0.1) is 30.7 Å². The fraction of sp³-hybridized carbons (Fsp3) is 0.323. The van der Waals surface area contributed by atoms with E-state index >= 15 is 0 Å². The maximum absolute atomic E-state index is 14.0. The number of methoxy groups -OCH3 is 1. The number of aromatic nitrogens is 1. The third-order valence-corrected chi connectivity index (χ3v) is 7.09. The third kappa shape index (κ3) is 4.42. The van der Waals surface area contributed by atoms with Gasteiger partial charge in [0.2, 0.25) is 5.76 Å². The van der Waals surface area contributed by atoms with Crippen LogP contribution >= 0.6 is 0 Å². The Bertz CT molecular complexity index is 1600. The summed E-state index contributed by atoms with van der Waals surface area (Å²) >= 11 is 0. The van der Waals surface area contributed by atoms with Crippen molar-refractivity contribution in [1.82, 2.24) is 4.98 Å². The van der Waals surface area contributed by atoms with E-state index in [0.29, 0.717) is 51.9 Å². The summed E-state index contributed by atoms with van der Waals surface area (Å²) in [4.78, 5) is 33.8. The summed E-state index contributed by atoms with van der Waals surface area (Å²) in [7, 11) is 1.58. The average molecular weight is 513 g/mol. The average Bonchev–Trinajstić information content (AvgIpc) is 3.17. The molecule has 0 saturated heterocycles. The molecule has 4 aromatic rings. The maximum atomic E-state index is 14.0. The summed E-state index contributed by atoms with van der Waals surface area (Å²) in [6, 6.07) is 12.1. The van der Waals surface area contributed by atoms with Crippen molar-refractivity contribution in [1.29, 1.82) is 0 Å². The quantitative estimate of drug-likeness (QED) is 0.289. The van der Waals surface area contributed by atoms with Crippen molar-refractivity contribution in [3.05, 3.63) is 92.5 Å². The molecule has 0 radical (unpaired) electrons. The first kappa shape index (κ1) is 25.5. The van der Waals surface area contributed by atoms with Gasteiger partial charge in [-0.3, -0.25) is 14.5 Å². The predicted octanol–water partition coefficient (Wildman–Crippen LogP) is 6.30. The van der Waals surface area contributed by atoms with Crippen LogP contribution in [0.5, 0.6) is 11.5 Å². The highest BCUT2D eigenvalue weighted by Gasteiger charge is 2.44. The van der Waals surface area contributed by atoms with Crippen molar-refractivity contribution < 1.29 is 18.7 Å². The number of anilines is 1. The summed E-state index contributed by atoms with van der Waals surface area (Å²) in [5.74, 6) is 1.72. The van der Waals surface area contributed by atoms with Gasteiger partial charge in [0.1, 0.15) is 11.4 Å². The van der Waals surface area contributed by atoms with Gasteiger partial charge in [-0.25, -0.2) is 4.98 Å². The van der Waals surface area contributed by atoms with E-state index in [1.807, 2.05) is 63.2 Å². The van der Waals surface area contributed by atoms with Gasteiger partial charge in [-0.2, -0.15) is 0 Å². The Labute approximate surface area is 222 Å². The molecule has 0 saturated carbocycles. The molecule has 7 heteroatoms. The molecule has 5 rings (SSSR count). The molecule has 196 valence electrons. The molecule has 38 heavy (non-hydrogen) atoms. The van der Waals surface area contributed by atoms with E-state index in [-0.39, 0.29) is 11.2 Å². The van der Waals surface area contributed by atoms with Crippen LogP contribution in [0.4, 0.5) is 5.82 Å². The molecule has 1 amide bonds. The number of rotatable bonds is 7. The number of amides is 1. The Hall–Kier alpha value is -4.13. The predicted molar refractivity (Wildman–Crippen MR) is 148 cm³/mol. The Morgan fingerprint density at radius 3 is 2.47 bits per heavy atom. The van der Waals surface area contributed by atoms with Crippen LogP contribution in [-0.4, -0.2) is 24.6 Å². The smallest absolute Gasteiger partial charge is 0.296 e. The lowest BCUT2D eigenvalue weighted by atomic mass is 9.97. The molecule has 3 heterocycles. The third-order valence-electron chi connectivity index (χ3n) is 7.09. The van der Waals surface area contributed by atoms with Crippen LogP contribution in [-0.2, 0) is 0 Å². The zero-order chi connectivity index (χ0) is 27.1. The molecule has 1 unspecified atom stereocenters. The number of pyridine rings is 1. The molecule has 1 aliphatic heterocycles. The van der Waals surface area contributed by atoms with Gasteiger partial charge in [0.15, 0.2) is 16.9 Å². The van der Waals surface area contributed by atoms with Crippen LogP contribution in [0, 0.1) is 26.7 Å². The van der Waals surface area contributed by atoms with Gasteiger partial charge in [-0.05, 0) is 91.8 Å². The molecular formula is C31H32N2O5. The second-order valence-electron chi connectivity index (χ2n) is 10.3. The van der Waals surface area contributed by atoms with Gasteiger partial charge in [-0.1, -0.05) is 19.9 Å². The molecule has 1 atom stereocenters. The van der Waals surface area contributed by atoms with Crippen LogP contribution in [0.2, 0.25) is 0 Å². The van der Waals surface area contributed by atoms with E-state index < -0.39 is 11.9 Å². The zero-order valence-corrected chi connectivity index (χ0v) is 22.6. The maximum Gasteiger partial charge on any atom is 0.296 e. The minimum Gasteiger partial charge on any atom is -0.493 e. The van der Waals surface area contributed by atoms with E-state index in [0.717, 1.165) is 23.1 Å². The molecule has 0 aliphatic carbocycles. The van der Waals surface area contributed by atoms with Crippen molar-refractivity contribution in [3.63, 3.8) is 0 Å². The van der Waals surface area contributed by atoms with E-state index in [9.17, 15) is 9.59 Å². The van der Waals surface area contributed by atoms with Crippen molar-refractivity contribution in [2.24, 2.45) is 5.92 Å². The van der Waals surface area contributed by atoms with Crippen molar-refractivity contribution in [3.8, 4) is 11.5 Å². The number of nitrogens with zero attached hydrogens (tertiary/aromatic N) is 2. The second kappa shape index (κ2) is 9.97. The minimum absolute atomic E-state index is 0.0373. The summed E-state index contributed by atoms with van der Waals surface area (Å²) in [6.45, 7) is 10.7. The number of aryl methyl sites for hydroxylation is 3. The first-order chi connectivity index (χ1) is 18.2. The molecule has 2 aromatic heterocycles. The molecule has 0 bridgehead atoms. The Morgan fingerprint density at radius 2 is 1.76 bits per heavy atom. The molecule has 0 fully saturated rings. The lowest BCUT2D eigenvalue weighted by Crippen LogP contribution is -2.30. The number of ether oxygens (including phenoxy) is 2. The number of hydrogen-bond acceptors (Lipinski definition) is 6. The van der Waals surface area contributed by atoms with Crippen LogP contribution in [0.3, 0.4) is 0 Å². The van der Waals surface area contributed by atoms with Gasteiger partial charge in [0.25, 0.3) is 5.91 Å². The van der Waals surface area contributed by atoms with Gasteiger partial charge in [-0.15, -0.1) is 0 Å². The fourth-order valence-corrected chi connectivity index (χ4v) is 4.81. The SMILES string of the molecule is COc1cc(C2c3c(oc4cc(C)c(C)cc4c3=O)C(=O)N2c2cc(C)ccn2)ccc1OCCC(C)C. The zero-order valence-electron chi connectivity index (χ0n) is 22.6. The highest BCUT2D eigenvalue weighted by Crippen LogP contribution is 2.43. The summed E-state index contributed by atoms with van der Waals surface area (Å²) in [5, 5.41) is 0.448. The van der Waals surface area contributed by atoms with Crippen molar-refractivity contribution in [2.45, 2.75) is 47.1 Å². The van der Waals surface area contributed by atoms with Gasteiger partial charge in [0, 0.05) is 6.20 Å². The lowest BCUT2D eigenvalue weighted by molar-refractivity contribution is 0.0970. The number of carbonyl (C=O) groups is 1. The second-order valence-corrected chi connectivity index (χ2v) is 10.3. The number of fused-ring (bicyclic) bond motifs is 2. The van der Waals surface area contributed by atoms with Gasteiger partial charge < -0.3 is 13.9 Å². The van der Waals surface area contributed by atoms with Crippen LogP contribution in [0.25, 0.3) is 11.0 Å². The van der Waals surface area contributed by atoms with Crippen LogP contribution < -0.4 is 19.8 Å². The highest BCUT2D eigenvalue weighted by atomic mass is 16.5. The summed E-state index contributed by atoms with van der Waals surface area (Å²) < 4.78 is 17.8. The largest absolute Gasteiger partial charge is 0.493 e. The van der Waals surface area contributed by atoms with E-state index in [1.54, 1.807) is 13.3 Å². The minimum atomic E-state index is -0.743. The van der Waals surface area contributed by atoms with E-state index in [2.05, 4.69) is 18.8 Å². The first-order valence-corrected chi connectivity index (χ1v) is 12.8. The summed E-state index contributed by atoms with van der Waals surface area (Å²) in [6.07, 6.45) is 2.57. The molecule has 0 N–H and O–H groups in total. The van der Waals surface area contributed by atoms with E-state index in [1.165, 1.54) is 4.90 Å². The molecular weight excluding hydrogens is 480 g/mol. The Balaban J connectivity index is 1.70. The van der Waals surface area contributed by atoms with Crippen molar-refractivity contribution >= 4 is 22.7 Å². The van der Waals surface area contributed by atoms with Crippen LogP contribution in [0.15, 0.2) is 57.9 Å². The Kier molecular flexibility index (Phi) is 6.69. The van der Waals surface area contributed by atoms with Gasteiger partial charge >= 0.3 is 0 Å². The normalized spacial score (nSPS) is 14.9. The van der Waals surface area contributed by atoms with Crippen LogP contribution in [0.1, 0.15) is 64.7 Å².